The van der Waals surface area contributed by atoms with E-state index in [1.54, 1.807) is 0 Å². The van der Waals surface area contributed by atoms with Crippen LogP contribution in [0.5, 0.6) is 0 Å². The lowest BCUT2D eigenvalue weighted by molar-refractivity contribution is 0.0110. The van der Waals surface area contributed by atoms with E-state index in [0.29, 0.717) is 6.04 Å². The zero-order chi connectivity index (χ0) is 8.81. The molecule has 12 heavy (non-hydrogen) atoms. The molecule has 0 heterocycles. The highest BCUT2D eigenvalue weighted by molar-refractivity contribution is 4.73. The van der Waals surface area contributed by atoms with E-state index >= 15 is 0 Å². The summed E-state index contributed by atoms with van der Waals surface area (Å²) in [5.41, 5.74) is 3.12. The zero-order valence-electron chi connectivity index (χ0n) is 8.31. The van der Waals surface area contributed by atoms with Crippen molar-refractivity contribution >= 4 is 0 Å². The van der Waals surface area contributed by atoms with E-state index in [1.807, 2.05) is 6.92 Å². The second-order valence-corrected chi connectivity index (χ2v) is 3.68. The van der Waals surface area contributed by atoms with Crippen molar-refractivity contribution in [2.45, 2.75) is 52.0 Å². The highest BCUT2D eigenvalue weighted by Crippen LogP contribution is 2.26. The van der Waals surface area contributed by atoms with Crippen LogP contribution in [0, 0.1) is 5.92 Å². The number of hydrogen-bond donors (Lipinski definition) is 1. The monoisotopic (exact) mass is 171 g/mol. The van der Waals surface area contributed by atoms with Crippen LogP contribution >= 0.6 is 0 Å². The summed E-state index contributed by atoms with van der Waals surface area (Å²) in [4.78, 5) is 5.19. The van der Waals surface area contributed by atoms with Crippen molar-refractivity contribution in [3.05, 3.63) is 0 Å². The predicted octanol–water partition coefficient (Wildman–Crippen LogP) is 2.50. The number of hydrogen-bond acceptors (Lipinski definition) is 2. The summed E-state index contributed by atoms with van der Waals surface area (Å²) in [5, 5.41) is 0. The van der Waals surface area contributed by atoms with Crippen molar-refractivity contribution in [1.29, 1.82) is 0 Å². The normalized spacial score (nSPS) is 30.5. The minimum Gasteiger partial charge on any atom is -0.302 e. The lowest BCUT2D eigenvalue weighted by Crippen LogP contribution is -2.33. The van der Waals surface area contributed by atoms with E-state index in [1.165, 1.54) is 32.1 Å². The molecule has 2 nitrogen and oxygen atoms in total. The first-order valence-electron chi connectivity index (χ1n) is 5.24. The molecule has 0 aliphatic heterocycles. The maximum absolute atomic E-state index is 5.19. The van der Waals surface area contributed by atoms with Crippen molar-refractivity contribution in [2.24, 2.45) is 5.92 Å². The summed E-state index contributed by atoms with van der Waals surface area (Å²) < 4.78 is 0. The van der Waals surface area contributed by atoms with Gasteiger partial charge >= 0.3 is 0 Å². The van der Waals surface area contributed by atoms with Crippen LogP contribution < -0.4 is 5.48 Å². The third-order valence-electron chi connectivity index (χ3n) is 2.82. The molecule has 1 rings (SSSR count). The van der Waals surface area contributed by atoms with Gasteiger partial charge in [-0.15, -0.1) is 0 Å². The molecule has 1 saturated carbocycles. The predicted molar refractivity (Wildman–Crippen MR) is 50.8 cm³/mol. The molecule has 0 saturated heterocycles. The van der Waals surface area contributed by atoms with Gasteiger partial charge in [0.25, 0.3) is 0 Å². The van der Waals surface area contributed by atoms with Crippen LogP contribution in [0.1, 0.15) is 46.0 Å². The molecular formula is C10H21NO. The molecule has 0 unspecified atom stereocenters. The fraction of sp³-hybridized carbons (Fsp3) is 1.00. The fourth-order valence-electron chi connectivity index (χ4n) is 1.89. The van der Waals surface area contributed by atoms with Crippen molar-refractivity contribution in [2.75, 3.05) is 6.61 Å². The van der Waals surface area contributed by atoms with Gasteiger partial charge in [-0.3, -0.25) is 0 Å². The first kappa shape index (κ1) is 10.0. The first-order valence-corrected chi connectivity index (χ1v) is 5.24. The molecule has 1 aliphatic rings. The second kappa shape index (κ2) is 5.55. The van der Waals surface area contributed by atoms with Crippen LogP contribution in [0.25, 0.3) is 0 Å². The Labute approximate surface area is 75.6 Å². The average Bonchev–Trinajstić information content (AvgIpc) is 2.15. The Hall–Kier alpha value is -0.0800. The standard InChI is InChI=1S/C10H21NO/c1-3-9-5-7-10(8-6-9)11-12-4-2/h9-11H,3-8H2,1-2H3. The summed E-state index contributed by atoms with van der Waals surface area (Å²) in [6.45, 7) is 5.08. The Morgan fingerprint density at radius 1 is 1.17 bits per heavy atom. The molecule has 72 valence electrons. The fourth-order valence-corrected chi connectivity index (χ4v) is 1.89. The summed E-state index contributed by atoms with van der Waals surface area (Å²) in [6, 6.07) is 0.618. The quantitative estimate of drug-likeness (QED) is 0.656. The van der Waals surface area contributed by atoms with Crippen LogP contribution in [-0.4, -0.2) is 12.6 Å². The van der Waals surface area contributed by atoms with Gasteiger partial charge in [0.15, 0.2) is 0 Å². The number of hydroxylamine groups is 1. The highest BCUT2D eigenvalue weighted by atomic mass is 16.6. The van der Waals surface area contributed by atoms with Crippen molar-refractivity contribution in [1.82, 2.24) is 5.48 Å². The maximum atomic E-state index is 5.19. The summed E-state index contributed by atoms with van der Waals surface area (Å²) in [5.74, 6) is 0.977. The van der Waals surface area contributed by atoms with Crippen molar-refractivity contribution in [3.63, 3.8) is 0 Å². The van der Waals surface area contributed by atoms with Gasteiger partial charge in [-0.1, -0.05) is 13.3 Å². The van der Waals surface area contributed by atoms with Gasteiger partial charge in [-0.25, -0.2) is 0 Å². The third kappa shape index (κ3) is 3.11. The lowest BCUT2D eigenvalue weighted by atomic mass is 9.85. The van der Waals surface area contributed by atoms with Crippen LogP contribution in [0.2, 0.25) is 0 Å². The summed E-state index contributed by atoms with van der Waals surface area (Å²) >= 11 is 0. The molecule has 0 aromatic heterocycles. The largest absolute Gasteiger partial charge is 0.302 e. The molecule has 0 amide bonds. The van der Waals surface area contributed by atoms with E-state index in [-0.39, 0.29) is 0 Å². The molecule has 2 heteroatoms. The number of rotatable bonds is 4. The maximum Gasteiger partial charge on any atom is 0.0654 e. The SMILES string of the molecule is CCONC1CCC(CC)CC1. The van der Waals surface area contributed by atoms with Crippen LogP contribution in [0.3, 0.4) is 0 Å². The molecule has 0 spiro atoms. The Balaban J connectivity index is 2.09. The summed E-state index contributed by atoms with van der Waals surface area (Å²) in [7, 11) is 0. The lowest BCUT2D eigenvalue weighted by Gasteiger charge is -2.27. The molecule has 0 bridgehead atoms. The average molecular weight is 171 g/mol. The Morgan fingerprint density at radius 3 is 2.33 bits per heavy atom. The molecule has 1 N–H and O–H groups in total. The molecule has 0 atom stereocenters. The first-order chi connectivity index (χ1) is 5.86. The Kier molecular flexibility index (Phi) is 4.62. The van der Waals surface area contributed by atoms with Gasteiger partial charge in [0.1, 0.15) is 0 Å². The number of nitrogens with one attached hydrogen (secondary N) is 1. The van der Waals surface area contributed by atoms with Crippen molar-refractivity contribution in [3.8, 4) is 0 Å². The smallest absolute Gasteiger partial charge is 0.0654 e. The second-order valence-electron chi connectivity index (χ2n) is 3.68. The van der Waals surface area contributed by atoms with Gasteiger partial charge in [-0.05, 0) is 38.5 Å². The molecule has 1 aliphatic carbocycles. The third-order valence-corrected chi connectivity index (χ3v) is 2.82. The van der Waals surface area contributed by atoms with Gasteiger partial charge < -0.3 is 4.84 Å². The van der Waals surface area contributed by atoms with Crippen LogP contribution in [-0.2, 0) is 4.84 Å². The highest BCUT2D eigenvalue weighted by Gasteiger charge is 2.19. The molecule has 0 aromatic rings. The minimum absolute atomic E-state index is 0.618. The van der Waals surface area contributed by atoms with Gasteiger partial charge in [0.05, 0.1) is 6.61 Å². The summed E-state index contributed by atoms with van der Waals surface area (Å²) in [6.07, 6.45) is 6.68. The van der Waals surface area contributed by atoms with E-state index in [0.717, 1.165) is 12.5 Å². The molecule has 0 aromatic carbocycles. The molecule has 1 fully saturated rings. The topological polar surface area (TPSA) is 21.3 Å². The Bertz CT molecular complexity index is 108. The van der Waals surface area contributed by atoms with Gasteiger partial charge in [0.2, 0.25) is 0 Å². The van der Waals surface area contributed by atoms with Crippen LogP contribution in [0.4, 0.5) is 0 Å². The van der Waals surface area contributed by atoms with Gasteiger partial charge in [0, 0.05) is 6.04 Å². The van der Waals surface area contributed by atoms with E-state index in [4.69, 9.17) is 4.84 Å². The zero-order valence-corrected chi connectivity index (χ0v) is 8.31. The molecular weight excluding hydrogens is 150 g/mol. The van der Waals surface area contributed by atoms with Crippen LogP contribution in [0.15, 0.2) is 0 Å². The van der Waals surface area contributed by atoms with E-state index in [9.17, 15) is 0 Å². The van der Waals surface area contributed by atoms with Crippen molar-refractivity contribution < 1.29 is 4.84 Å². The Morgan fingerprint density at radius 2 is 1.83 bits per heavy atom. The molecule has 0 radical (unpaired) electrons. The van der Waals surface area contributed by atoms with Gasteiger partial charge in [-0.2, -0.15) is 5.48 Å². The van der Waals surface area contributed by atoms with E-state index in [2.05, 4.69) is 12.4 Å². The van der Waals surface area contributed by atoms with E-state index < -0.39 is 0 Å². The minimum atomic E-state index is 0.618.